The van der Waals surface area contributed by atoms with Crippen LogP contribution in [0.25, 0.3) is 0 Å². The van der Waals surface area contributed by atoms with Gasteiger partial charge in [0.2, 0.25) is 0 Å². The van der Waals surface area contributed by atoms with E-state index in [-0.39, 0.29) is 0 Å². The van der Waals surface area contributed by atoms with Crippen molar-refractivity contribution in [3.63, 3.8) is 0 Å². The molecule has 0 saturated carbocycles. The maximum absolute atomic E-state index is 4.25. The van der Waals surface area contributed by atoms with Crippen LogP contribution in [0, 0.1) is 20.8 Å². The minimum Gasteiger partial charge on any atom is -0.346 e. The number of hydrogen-bond donors (Lipinski definition) is 1. The molecule has 10 rings (SSSR count). The van der Waals surface area contributed by atoms with Gasteiger partial charge in [-0.05, 0) is 144 Å². The third-order valence-corrected chi connectivity index (χ3v) is 13.9. The molecule has 0 fully saturated rings. The summed E-state index contributed by atoms with van der Waals surface area (Å²) in [5.74, 6) is 6.68. The first-order valence-electron chi connectivity index (χ1n) is 32.5. The quantitative estimate of drug-likeness (QED) is 0.137. The van der Waals surface area contributed by atoms with E-state index < -0.39 is 0 Å². The van der Waals surface area contributed by atoms with Crippen molar-refractivity contribution in [3.05, 3.63) is 228 Å². The average molecular weight is 1260 g/mol. The summed E-state index contributed by atoms with van der Waals surface area (Å²) in [5.41, 5.74) is 14.8. The normalized spacial score (nSPS) is 10.4. The van der Waals surface area contributed by atoms with Crippen molar-refractivity contribution in [1.29, 1.82) is 0 Å². The van der Waals surface area contributed by atoms with Crippen LogP contribution < -0.4 is 0 Å². The summed E-state index contributed by atoms with van der Waals surface area (Å²) >= 11 is 0. The lowest BCUT2D eigenvalue weighted by Gasteiger charge is -2.03. The van der Waals surface area contributed by atoms with Crippen LogP contribution in [0.3, 0.4) is 0 Å². The van der Waals surface area contributed by atoms with Gasteiger partial charge in [0, 0.05) is 138 Å². The second-order valence-electron chi connectivity index (χ2n) is 25.6. The van der Waals surface area contributed by atoms with Crippen LogP contribution in [0.1, 0.15) is 271 Å². The van der Waals surface area contributed by atoms with E-state index in [4.69, 9.17) is 0 Å². The minimum absolute atomic E-state index is 0.485. The number of aromatic amines is 1. The molecular weight excluding hydrogens is 1140 g/mol. The maximum atomic E-state index is 4.25. The highest BCUT2D eigenvalue weighted by molar-refractivity contribution is 5.19. The maximum Gasteiger partial charge on any atom is 0.115 e. The Hall–Kier alpha value is -8.34. The predicted octanol–water partition coefficient (Wildman–Crippen LogP) is 18.4. The van der Waals surface area contributed by atoms with Crippen LogP contribution in [0.4, 0.5) is 0 Å². The molecule has 0 unspecified atom stereocenters. The summed E-state index contributed by atoms with van der Waals surface area (Å²) < 4.78 is 7.69. The number of aromatic nitrogens is 17. The summed E-state index contributed by atoms with van der Waals surface area (Å²) in [6.07, 6.45) is 31.3. The van der Waals surface area contributed by atoms with E-state index in [0.29, 0.717) is 59.2 Å². The monoisotopic (exact) mass is 1260 g/mol. The van der Waals surface area contributed by atoms with Crippen molar-refractivity contribution in [3.8, 4) is 0 Å². The molecule has 0 bridgehead atoms. The van der Waals surface area contributed by atoms with Crippen molar-refractivity contribution in [2.75, 3.05) is 0 Å². The Labute approximate surface area is 555 Å². The van der Waals surface area contributed by atoms with E-state index in [1.165, 1.54) is 44.9 Å². The Kier molecular flexibility index (Phi) is 40.0. The summed E-state index contributed by atoms with van der Waals surface area (Å²) in [6, 6.07) is 16.3. The molecule has 17 heteroatoms. The van der Waals surface area contributed by atoms with E-state index >= 15 is 0 Å². The Morgan fingerprint density at radius 2 is 0.957 bits per heavy atom. The summed E-state index contributed by atoms with van der Waals surface area (Å²) in [4.78, 5) is 39.2. The number of nitrogens with one attached hydrogen (secondary N) is 1. The molecule has 17 nitrogen and oxygen atoms in total. The highest BCUT2D eigenvalue weighted by Crippen LogP contribution is 2.18. The number of rotatable bonds is 10. The van der Waals surface area contributed by atoms with E-state index in [9.17, 15) is 0 Å². The van der Waals surface area contributed by atoms with Crippen molar-refractivity contribution >= 4 is 0 Å². The molecule has 502 valence electrons. The zero-order chi connectivity index (χ0) is 69.5. The molecule has 92 heavy (non-hydrogen) atoms. The third kappa shape index (κ3) is 34.7. The largest absolute Gasteiger partial charge is 0.346 e. The van der Waals surface area contributed by atoms with Crippen LogP contribution in [0.5, 0.6) is 0 Å². The number of aryl methyl sites for hydroxylation is 7. The minimum atomic E-state index is 0.485. The van der Waals surface area contributed by atoms with E-state index in [0.717, 1.165) is 28.6 Å². The fourth-order valence-electron chi connectivity index (χ4n) is 8.15. The van der Waals surface area contributed by atoms with Gasteiger partial charge in [0.05, 0.1) is 29.6 Å². The standard InChI is InChI=1S/2C8H14N2.3C8H11N.2C7H12N2.C7H10N2.C7H12N2.C7H10N2/c1-6(2)8-5-10(4)9-7(8)3;1-6(2)8-5-7(3)9-10(8)4;1-7(2)8-3-5-9-6-4-8;1-7(2)8-4-3-5-9-6-8;1-7(2)8-5-3-4-6-9-8;1-6(2)7-4-8-5-9(7)3;1-6(2)7-4-8-9(3)5-7;1-6(2)7-3-8-5-9-4-7;1-5(2)7-4-8-6(3)9-7;1-6(2)7-5-8-3-4-9-7/h2*5-6H,1-4H3;3*3-7H,1-2H3;2*4-6H,1-3H3;3-6H,1-2H3;4-5H,1-3H3,(H,8,9);3-6H,1-2H3. The zero-order valence-electron chi connectivity index (χ0n) is 61.4. The fourth-order valence-corrected chi connectivity index (χ4v) is 8.15. The fraction of sp³-hybridized carbons (Fsp3) is 0.493. The van der Waals surface area contributed by atoms with Crippen LogP contribution in [-0.2, 0) is 28.2 Å². The smallest absolute Gasteiger partial charge is 0.115 e. The Morgan fingerprint density at radius 1 is 0.380 bits per heavy atom. The number of imidazole rings is 2. The average Bonchev–Trinajstić information content (AvgIpc) is 2.95. The van der Waals surface area contributed by atoms with Gasteiger partial charge in [-0.1, -0.05) is 151 Å². The Balaban J connectivity index is 0.000000511. The topological polar surface area (TPSA) is 190 Å². The molecule has 0 aliphatic heterocycles. The van der Waals surface area contributed by atoms with E-state index in [2.05, 4.69) is 229 Å². The van der Waals surface area contributed by atoms with Crippen LogP contribution in [0.15, 0.2) is 154 Å². The second-order valence-corrected chi connectivity index (χ2v) is 25.6. The van der Waals surface area contributed by atoms with E-state index in [1.807, 2.05) is 165 Å². The zero-order valence-corrected chi connectivity index (χ0v) is 61.4. The van der Waals surface area contributed by atoms with Gasteiger partial charge >= 0.3 is 0 Å². The van der Waals surface area contributed by atoms with Crippen molar-refractivity contribution in [2.24, 2.45) is 28.2 Å². The molecule has 10 heterocycles. The molecule has 0 saturated heterocycles. The number of H-pyrrole nitrogens is 1. The Bertz CT molecular complexity index is 3000. The summed E-state index contributed by atoms with van der Waals surface area (Å²) in [7, 11) is 7.90. The van der Waals surface area contributed by atoms with Gasteiger partial charge in [-0.3, -0.25) is 39.0 Å². The van der Waals surface area contributed by atoms with Gasteiger partial charge in [0.25, 0.3) is 0 Å². The first-order chi connectivity index (χ1) is 43.4. The Morgan fingerprint density at radius 3 is 1.23 bits per heavy atom. The number of nitrogens with zero attached hydrogens (tertiary/aromatic N) is 16. The summed E-state index contributed by atoms with van der Waals surface area (Å²) in [6.45, 7) is 49.1. The van der Waals surface area contributed by atoms with Gasteiger partial charge in [-0.25, -0.2) is 19.9 Å². The molecule has 0 aromatic carbocycles. The number of pyridine rings is 3. The third-order valence-electron chi connectivity index (χ3n) is 13.9. The molecule has 10 aromatic rings. The first kappa shape index (κ1) is 81.7. The molecule has 0 spiro atoms. The van der Waals surface area contributed by atoms with Gasteiger partial charge in [-0.15, -0.1) is 0 Å². The highest BCUT2D eigenvalue weighted by atomic mass is 15.3. The lowest BCUT2D eigenvalue weighted by Crippen LogP contribution is -1.99. The lowest BCUT2D eigenvalue weighted by molar-refractivity contribution is 0.665. The van der Waals surface area contributed by atoms with Crippen molar-refractivity contribution < 1.29 is 0 Å². The molecule has 0 aliphatic rings. The molecule has 1 N–H and O–H groups in total. The van der Waals surface area contributed by atoms with Crippen LogP contribution in [0.2, 0.25) is 0 Å². The molecule has 0 atom stereocenters. The van der Waals surface area contributed by atoms with Gasteiger partial charge in [-0.2, -0.15) is 15.3 Å². The van der Waals surface area contributed by atoms with Gasteiger partial charge in [0.15, 0.2) is 0 Å². The molecule has 0 aliphatic carbocycles. The molecule has 10 aromatic heterocycles. The van der Waals surface area contributed by atoms with Gasteiger partial charge < -0.3 is 9.55 Å². The van der Waals surface area contributed by atoms with Crippen LogP contribution in [-0.4, -0.2) is 83.7 Å². The van der Waals surface area contributed by atoms with Crippen molar-refractivity contribution in [1.82, 2.24) is 83.7 Å². The van der Waals surface area contributed by atoms with Crippen LogP contribution >= 0.6 is 0 Å². The molecule has 0 radical (unpaired) electrons. The highest BCUT2D eigenvalue weighted by Gasteiger charge is 2.07. The van der Waals surface area contributed by atoms with E-state index in [1.54, 1.807) is 31.1 Å². The lowest BCUT2D eigenvalue weighted by atomic mass is 10.1. The first-order valence-corrected chi connectivity index (χ1v) is 32.5. The summed E-state index contributed by atoms with van der Waals surface area (Å²) in [5, 5.41) is 12.6. The SMILES string of the molecule is CC(C)c1ccccn1.CC(C)c1cccnc1.CC(C)c1ccncc1.CC(C)c1cnccn1.CC(C)c1cncn1C.CC(C)c1cncnc1.CC(C)c1cnn(C)c1.Cc1cc(C(C)C)n(C)n1.Cc1ncc(C(C)C)[nH]1.Cc1nn(C)cc1C(C)C. The second kappa shape index (κ2) is 45.0. The number of hydrogen-bond acceptors (Lipinski definition) is 12. The predicted molar refractivity (Wildman–Crippen MR) is 383 cm³/mol. The van der Waals surface area contributed by atoms with Gasteiger partial charge in [0.1, 0.15) is 12.2 Å². The molecular formula is C75H117N17. The van der Waals surface area contributed by atoms with Crippen molar-refractivity contribution in [2.45, 2.75) is 218 Å². The molecule has 0 amide bonds.